The number of benzene rings is 1. The van der Waals surface area contributed by atoms with E-state index in [2.05, 4.69) is 21.8 Å². The van der Waals surface area contributed by atoms with Gasteiger partial charge in [-0.2, -0.15) is 0 Å². The lowest BCUT2D eigenvalue weighted by molar-refractivity contribution is -0.134. The Morgan fingerprint density at radius 3 is 3.04 bits per heavy atom. The number of fused-ring (bicyclic) bond motifs is 2. The van der Waals surface area contributed by atoms with E-state index in [1.807, 2.05) is 11.8 Å². The summed E-state index contributed by atoms with van der Waals surface area (Å²) in [5, 5.41) is 10.5. The summed E-state index contributed by atoms with van der Waals surface area (Å²) in [4.78, 5) is 28.3. The molecule has 0 fully saturated rings. The standard InChI is InChI=1S/C17H16N4O2S/c1-11-12-7-9-24-15(12)6-8-20(11)16(22)10-21-17(23)13-4-2-3-5-14(13)18-19-21/h2-5,7,9,11H,6,8,10H2,1H3/t11-/m1/s1. The summed E-state index contributed by atoms with van der Waals surface area (Å²) in [7, 11) is 0. The molecule has 3 aromatic rings. The normalized spacial score (nSPS) is 17.0. The average Bonchev–Trinajstić information content (AvgIpc) is 3.07. The van der Waals surface area contributed by atoms with Crippen molar-refractivity contribution in [2.24, 2.45) is 0 Å². The third-order valence-corrected chi connectivity index (χ3v) is 5.51. The van der Waals surface area contributed by atoms with E-state index in [0.29, 0.717) is 17.4 Å². The van der Waals surface area contributed by atoms with Gasteiger partial charge in [-0.25, -0.2) is 4.68 Å². The molecule has 122 valence electrons. The maximum absolute atomic E-state index is 12.7. The second-order valence-electron chi connectivity index (χ2n) is 5.88. The summed E-state index contributed by atoms with van der Waals surface area (Å²) in [5.74, 6) is -0.106. The molecule has 3 heterocycles. The summed E-state index contributed by atoms with van der Waals surface area (Å²) in [6.45, 7) is 2.61. The van der Waals surface area contributed by atoms with Gasteiger partial charge in [0.25, 0.3) is 5.56 Å². The minimum atomic E-state index is -0.283. The van der Waals surface area contributed by atoms with Crippen LogP contribution in [0.4, 0.5) is 0 Å². The Balaban J connectivity index is 1.61. The SMILES string of the molecule is C[C@@H]1c2ccsc2CCN1C(=O)Cn1nnc2ccccc2c1=O. The molecule has 0 saturated carbocycles. The maximum Gasteiger partial charge on any atom is 0.278 e. The smallest absolute Gasteiger partial charge is 0.278 e. The van der Waals surface area contributed by atoms with E-state index < -0.39 is 0 Å². The first-order chi connectivity index (χ1) is 11.6. The third-order valence-electron chi connectivity index (χ3n) is 4.51. The van der Waals surface area contributed by atoms with Gasteiger partial charge in [0, 0.05) is 11.4 Å². The minimum absolute atomic E-state index is 0.0246. The number of carbonyl (C=O) groups is 1. The Labute approximate surface area is 142 Å². The van der Waals surface area contributed by atoms with E-state index in [4.69, 9.17) is 0 Å². The van der Waals surface area contributed by atoms with Gasteiger partial charge in [0.05, 0.1) is 11.4 Å². The lowest BCUT2D eigenvalue weighted by atomic mass is 10.0. The molecule has 0 radical (unpaired) electrons. The van der Waals surface area contributed by atoms with E-state index in [1.54, 1.807) is 35.6 Å². The minimum Gasteiger partial charge on any atom is -0.334 e. The molecular weight excluding hydrogens is 324 g/mol. The number of rotatable bonds is 2. The molecule has 0 saturated heterocycles. The van der Waals surface area contributed by atoms with Crippen LogP contribution in [0.5, 0.6) is 0 Å². The van der Waals surface area contributed by atoms with E-state index in [0.717, 1.165) is 11.1 Å². The lowest BCUT2D eigenvalue weighted by Gasteiger charge is -2.33. The number of aromatic nitrogens is 3. The van der Waals surface area contributed by atoms with Crippen molar-refractivity contribution >= 4 is 28.1 Å². The van der Waals surface area contributed by atoms with Gasteiger partial charge >= 0.3 is 0 Å². The van der Waals surface area contributed by atoms with Gasteiger partial charge in [0.2, 0.25) is 5.91 Å². The molecular formula is C17H16N4O2S. The van der Waals surface area contributed by atoms with E-state index in [1.165, 1.54) is 10.4 Å². The highest BCUT2D eigenvalue weighted by atomic mass is 32.1. The monoisotopic (exact) mass is 340 g/mol. The second kappa shape index (κ2) is 5.83. The molecule has 7 heteroatoms. The number of thiophene rings is 1. The third kappa shape index (κ3) is 2.41. The van der Waals surface area contributed by atoms with Crippen LogP contribution in [0.2, 0.25) is 0 Å². The molecule has 1 aliphatic rings. The van der Waals surface area contributed by atoms with Crippen molar-refractivity contribution in [3.63, 3.8) is 0 Å². The van der Waals surface area contributed by atoms with Crippen molar-refractivity contribution in [3.05, 3.63) is 56.5 Å². The Hall–Kier alpha value is -2.54. The first-order valence-corrected chi connectivity index (χ1v) is 8.71. The zero-order valence-electron chi connectivity index (χ0n) is 13.2. The molecule has 0 spiro atoms. The predicted molar refractivity (Wildman–Crippen MR) is 91.9 cm³/mol. The molecule has 1 aliphatic heterocycles. The molecule has 0 aliphatic carbocycles. The van der Waals surface area contributed by atoms with Gasteiger partial charge < -0.3 is 4.90 Å². The molecule has 0 bridgehead atoms. The highest BCUT2D eigenvalue weighted by Gasteiger charge is 2.28. The first kappa shape index (κ1) is 15.0. The quantitative estimate of drug-likeness (QED) is 0.715. The Bertz CT molecular complexity index is 978. The van der Waals surface area contributed by atoms with Crippen LogP contribution in [0.25, 0.3) is 10.9 Å². The van der Waals surface area contributed by atoms with E-state index >= 15 is 0 Å². The molecule has 1 atom stereocenters. The Morgan fingerprint density at radius 1 is 1.33 bits per heavy atom. The topological polar surface area (TPSA) is 68.1 Å². The maximum atomic E-state index is 12.7. The van der Waals surface area contributed by atoms with Crippen molar-refractivity contribution in [1.82, 2.24) is 19.9 Å². The number of amides is 1. The van der Waals surface area contributed by atoms with Gasteiger partial charge in [-0.05, 0) is 42.5 Å². The Kier molecular flexibility index (Phi) is 3.65. The summed E-state index contributed by atoms with van der Waals surface area (Å²) in [6, 6.07) is 9.13. The summed E-state index contributed by atoms with van der Waals surface area (Å²) >= 11 is 1.74. The lowest BCUT2D eigenvalue weighted by Crippen LogP contribution is -2.42. The van der Waals surface area contributed by atoms with Gasteiger partial charge in [0.15, 0.2) is 0 Å². The van der Waals surface area contributed by atoms with Crippen molar-refractivity contribution < 1.29 is 4.79 Å². The molecule has 4 rings (SSSR count). The second-order valence-corrected chi connectivity index (χ2v) is 6.88. The molecule has 24 heavy (non-hydrogen) atoms. The molecule has 1 aromatic carbocycles. The van der Waals surface area contributed by atoms with Gasteiger partial charge in [-0.15, -0.1) is 16.4 Å². The fraction of sp³-hybridized carbons (Fsp3) is 0.294. The van der Waals surface area contributed by atoms with Gasteiger partial charge in [-0.3, -0.25) is 9.59 Å². The molecule has 0 unspecified atom stereocenters. The van der Waals surface area contributed by atoms with Crippen LogP contribution in [-0.4, -0.2) is 32.3 Å². The van der Waals surface area contributed by atoms with E-state index in [9.17, 15) is 9.59 Å². The number of hydrogen-bond acceptors (Lipinski definition) is 5. The van der Waals surface area contributed by atoms with Crippen LogP contribution in [0, 0.1) is 0 Å². The molecule has 6 nitrogen and oxygen atoms in total. The van der Waals surface area contributed by atoms with Crippen molar-refractivity contribution in [3.8, 4) is 0 Å². The summed E-state index contributed by atoms with van der Waals surface area (Å²) in [5.41, 5.74) is 1.46. The largest absolute Gasteiger partial charge is 0.334 e. The molecule has 1 amide bonds. The van der Waals surface area contributed by atoms with Crippen LogP contribution >= 0.6 is 11.3 Å². The number of nitrogens with zero attached hydrogens (tertiary/aromatic N) is 4. The number of carbonyl (C=O) groups excluding carboxylic acids is 1. The van der Waals surface area contributed by atoms with Crippen LogP contribution in [0.1, 0.15) is 23.4 Å². The van der Waals surface area contributed by atoms with Crippen molar-refractivity contribution in [2.75, 3.05) is 6.54 Å². The molecule has 2 aromatic heterocycles. The Morgan fingerprint density at radius 2 is 2.17 bits per heavy atom. The van der Waals surface area contributed by atoms with Gasteiger partial charge in [0.1, 0.15) is 12.1 Å². The predicted octanol–water partition coefficient (Wildman–Crippen LogP) is 2.00. The summed E-state index contributed by atoms with van der Waals surface area (Å²) in [6.07, 6.45) is 0.862. The summed E-state index contributed by atoms with van der Waals surface area (Å²) < 4.78 is 1.15. The zero-order valence-corrected chi connectivity index (χ0v) is 14.0. The van der Waals surface area contributed by atoms with Crippen LogP contribution in [0.3, 0.4) is 0 Å². The van der Waals surface area contributed by atoms with Crippen LogP contribution in [0.15, 0.2) is 40.5 Å². The average molecular weight is 340 g/mol. The first-order valence-electron chi connectivity index (χ1n) is 7.83. The van der Waals surface area contributed by atoms with Crippen LogP contribution < -0.4 is 5.56 Å². The van der Waals surface area contributed by atoms with Crippen molar-refractivity contribution in [1.29, 1.82) is 0 Å². The number of hydrogen-bond donors (Lipinski definition) is 0. The highest BCUT2D eigenvalue weighted by molar-refractivity contribution is 7.10. The van der Waals surface area contributed by atoms with Gasteiger partial charge in [-0.1, -0.05) is 17.3 Å². The fourth-order valence-electron chi connectivity index (χ4n) is 3.20. The van der Waals surface area contributed by atoms with E-state index in [-0.39, 0.29) is 24.1 Å². The fourth-order valence-corrected chi connectivity index (χ4v) is 4.16. The van der Waals surface area contributed by atoms with Crippen molar-refractivity contribution in [2.45, 2.75) is 25.9 Å². The zero-order chi connectivity index (χ0) is 16.7. The molecule has 0 N–H and O–H groups in total. The van der Waals surface area contributed by atoms with Crippen LogP contribution in [-0.2, 0) is 17.8 Å². The highest BCUT2D eigenvalue weighted by Crippen LogP contribution is 2.32.